The molecule has 0 bridgehead atoms. The fraction of sp³-hybridized carbons (Fsp3) is 0.0619. The number of benzene rings is 14. The molecule has 14 aromatic carbocycles. The van der Waals surface area contributed by atoms with Crippen LogP contribution in [0.5, 0.6) is 0 Å². The van der Waals surface area contributed by atoms with E-state index in [1.807, 2.05) is 84.9 Å². The van der Waals surface area contributed by atoms with Gasteiger partial charge in [0.25, 0.3) is 0 Å². The average Bonchev–Trinajstić information content (AvgIpc) is 1.54. The highest BCUT2D eigenvalue weighted by molar-refractivity contribution is 6.18. The Morgan fingerprint density at radius 3 is 0.972 bits per heavy atom. The second kappa shape index (κ2) is 23.5. The van der Waals surface area contributed by atoms with Gasteiger partial charge in [0.15, 0.2) is 23.3 Å². The van der Waals surface area contributed by atoms with Gasteiger partial charge < -0.3 is 18.0 Å². The van der Waals surface area contributed by atoms with Crippen LogP contribution in [0, 0.1) is 0 Å². The maximum Gasteiger partial charge on any atom is 0.164 e. The largest absolute Gasteiger partial charge is 0.455 e. The molecule has 0 fully saturated rings. The number of fused-ring (bicyclic) bond motifs is 20. The van der Waals surface area contributed by atoms with Gasteiger partial charge >= 0.3 is 0 Å². The molecule has 500 valence electrons. The van der Waals surface area contributed by atoms with Crippen molar-refractivity contribution in [3.8, 4) is 102 Å². The molecular weight excluding hydrogens is 1300 g/mol. The minimum Gasteiger partial charge on any atom is -0.455 e. The lowest BCUT2D eigenvalue weighted by Gasteiger charge is -2.21. The number of hydrogen-bond acceptors (Lipinski definition) is 7. The van der Waals surface area contributed by atoms with Crippen LogP contribution in [0.2, 0.25) is 0 Å². The van der Waals surface area contributed by atoms with Crippen molar-refractivity contribution >= 4 is 87.5 Å². The summed E-state index contributed by atoms with van der Waals surface area (Å²) in [5.41, 5.74) is 28.2. The number of hydrogen-bond donors (Lipinski definition) is 0. The summed E-state index contributed by atoms with van der Waals surface area (Å²) >= 11 is 0. The number of nitrogens with zero attached hydrogens (tertiary/aromatic N) is 7. The molecule has 0 aliphatic heterocycles. The Kier molecular flexibility index (Phi) is 13.5. The summed E-state index contributed by atoms with van der Waals surface area (Å²) in [4.78, 5) is 25.0. The maximum absolute atomic E-state index is 6.62. The van der Waals surface area contributed by atoms with Crippen molar-refractivity contribution in [3.05, 3.63) is 344 Å². The summed E-state index contributed by atoms with van der Waals surface area (Å²) in [6.07, 6.45) is 0. The minimum absolute atomic E-state index is 0.200. The SMILES string of the molecule is CC1(C)c2cc3c(cc2-c2c1ccc1c2oc2ccccc21)c1ccccc1n3-c1ccc(-c2nc(-c3ccccc3)cc(-c3ccccc3)n2)cc1.CC1(C)c2cc3c(cc2-c2c1ccc1c2oc2ccccc21)c1ccccc1n3-c1ccc(-c2nc(-c3ccccc3)nc(-c3ccccc3)n2)cc1. The summed E-state index contributed by atoms with van der Waals surface area (Å²) in [5.74, 6) is 2.64. The number of rotatable bonds is 8. The summed E-state index contributed by atoms with van der Waals surface area (Å²) < 4.78 is 18.0. The van der Waals surface area contributed by atoms with Gasteiger partial charge in [-0.3, -0.25) is 0 Å². The van der Waals surface area contributed by atoms with Crippen molar-refractivity contribution in [2.45, 2.75) is 38.5 Å². The Morgan fingerprint density at radius 2 is 0.575 bits per heavy atom. The van der Waals surface area contributed by atoms with E-state index < -0.39 is 0 Å². The van der Waals surface area contributed by atoms with Crippen LogP contribution in [0.3, 0.4) is 0 Å². The predicted molar refractivity (Wildman–Crippen MR) is 433 cm³/mol. The Bertz CT molecular complexity index is 6430. The van der Waals surface area contributed by atoms with Gasteiger partial charge in [0.2, 0.25) is 0 Å². The zero-order valence-electron chi connectivity index (χ0n) is 58.5. The van der Waals surface area contributed by atoms with Gasteiger partial charge in [-0.1, -0.05) is 246 Å². The van der Waals surface area contributed by atoms with E-state index in [0.717, 1.165) is 100 Å². The maximum atomic E-state index is 6.62. The minimum atomic E-state index is -0.206. The monoisotopic (exact) mass is 1360 g/mol. The van der Waals surface area contributed by atoms with Crippen LogP contribution < -0.4 is 0 Å². The van der Waals surface area contributed by atoms with Gasteiger partial charge in [-0.05, 0) is 137 Å². The first kappa shape index (κ1) is 61.1. The predicted octanol–water partition coefficient (Wildman–Crippen LogP) is 25.0. The molecule has 22 rings (SSSR count). The van der Waals surface area contributed by atoms with Crippen molar-refractivity contribution < 1.29 is 8.83 Å². The molecular formula is C97H65N7O2. The van der Waals surface area contributed by atoms with E-state index in [1.54, 1.807) is 0 Å². The first-order chi connectivity index (χ1) is 52.1. The standard InChI is InChI=1S/C49H33N3O.C48H32N4O/c1-49(2)39-26-25-36-35-18-10-12-20-45(35)53-47(36)46(39)38-27-37-34-17-9-11-19-43(34)52(44(37)28-40(38)49)33-23-21-32(22-24-33)48-50-41(30-13-5-3-6-14-30)29-42(51-48)31-15-7-4-8-16-31;1-48(2)38-26-25-35-34-18-10-12-20-42(34)53-44(35)43(38)37-27-36-33-17-9-11-19-40(33)52(41(36)28-39(37)48)32-23-21-31(22-24-32)47-50-45(29-13-5-3-6-14-29)49-46(51-47)30-15-7-4-8-16-30/h3-29H,1-2H3;3-28H,1-2H3. The van der Waals surface area contributed by atoms with E-state index in [4.69, 9.17) is 33.8 Å². The number of para-hydroxylation sites is 4. The highest BCUT2D eigenvalue weighted by Crippen LogP contribution is 2.57. The summed E-state index contributed by atoms with van der Waals surface area (Å²) in [6.45, 7) is 9.35. The van der Waals surface area contributed by atoms with Crippen LogP contribution in [0.15, 0.2) is 330 Å². The van der Waals surface area contributed by atoms with Gasteiger partial charge in [-0.15, -0.1) is 0 Å². The highest BCUT2D eigenvalue weighted by atomic mass is 16.3. The molecule has 0 radical (unpaired) electrons. The van der Waals surface area contributed by atoms with Gasteiger partial charge in [0, 0.05) is 110 Å². The fourth-order valence-electron chi connectivity index (χ4n) is 17.0. The molecule has 20 aromatic rings. The van der Waals surface area contributed by atoms with Gasteiger partial charge in [-0.25, -0.2) is 24.9 Å². The third kappa shape index (κ3) is 9.45. The fourth-order valence-corrected chi connectivity index (χ4v) is 17.0. The Hall–Kier alpha value is -13.6. The van der Waals surface area contributed by atoms with Crippen LogP contribution in [-0.4, -0.2) is 34.1 Å². The van der Waals surface area contributed by atoms with Crippen LogP contribution >= 0.6 is 0 Å². The molecule has 0 saturated carbocycles. The molecule has 6 heterocycles. The van der Waals surface area contributed by atoms with Gasteiger partial charge in [-0.2, -0.15) is 0 Å². The lowest BCUT2D eigenvalue weighted by Crippen LogP contribution is -2.15. The summed E-state index contributed by atoms with van der Waals surface area (Å²) in [5, 5.41) is 9.53. The molecule has 0 N–H and O–H groups in total. The lowest BCUT2D eigenvalue weighted by molar-refractivity contribution is 0.653. The molecule has 0 atom stereocenters. The van der Waals surface area contributed by atoms with Crippen molar-refractivity contribution in [3.63, 3.8) is 0 Å². The number of aromatic nitrogens is 7. The van der Waals surface area contributed by atoms with Crippen LogP contribution in [-0.2, 0) is 10.8 Å². The molecule has 9 nitrogen and oxygen atoms in total. The van der Waals surface area contributed by atoms with E-state index in [0.29, 0.717) is 23.3 Å². The van der Waals surface area contributed by atoms with Crippen molar-refractivity contribution in [1.29, 1.82) is 0 Å². The van der Waals surface area contributed by atoms with E-state index in [1.165, 1.54) is 88.0 Å². The Morgan fingerprint density at radius 1 is 0.245 bits per heavy atom. The molecule has 0 spiro atoms. The second-order valence-corrected chi connectivity index (χ2v) is 29.0. The van der Waals surface area contributed by atoms with Crippen molar-refractivity contribution in [2.24, 2.45) is 0 Å². The second-order valence-electron chi connectivity index (χ2n) is 29.0. The first-order valence-corrected chi connectivity index (χ1v) is 36.2. The summed E-state index contributed by atoms with van der Waals surface area (Å²) in [7, 11) is 0. The van der Waals surface area contributed by atoms with Gasteiger partial charge in [0.1, 0.15) is 22.3 Å². The molecule has 2 aliphatic rings. The lowest BCUT2D eigenvalue weighted by atomic mass is 9.82. The topological polar surface area (TPSA) is 101 Å². The zero-order chi connectivity index (χ0) is 70.5. The van der Waals surface area contributed by atoms with E-state index in [9.17, 15) is 0 Å². The van der Waals surface area contributed by atoms with E-state index in [-0.39, 0.29) is 10.8 Å². The van der Waals surface area contributed by atoms with Crippen molar-refractivity contribution in [2.75, 3.05) is 0 Å². The molecule has 106 heavy (non-hydrogen) atoms. The average molecular weight is 1360 g/mol. The first-order valence-electron chi connectivity index (χ1n) is 36.2. The van der Waals surface area contributed by atoms with Crippen LogP contribution in [0.4, 0.5) is 0 Å². The van der Waals surface area contributed by atoms with Crippen LogP contribution in [0.25, 0.3) is 189 Å². The van der Waals surface area contributed by atoms with Crippen molar-refractivity contribution in [1.82, 2.24) is 34.1 Å². The Balaban J connectivity index is 0.000000136. The quantitative estimate of drug-likeness (QED) is 0.149. The summed E-state index contributed by atoms with van der Waals surface area (Å²) in [6, 6.07) is 113. The van der Waals surface area contributed by atoms with Crippen LogP contribution in [0.1, 0.15) is 49.9 Å². The zero-order valence-corrected chi connectivity index (χ0v) is 58.5. The molecule has 0 saturated heterocycles. The number of furan rings is 2. The molecule has 9 heteroatoms. The van der Waals surface area contributed by atoms with E-state index >= 15 is 0 Å². The molecule has 2 aliphatic carbocycles. The smallest absolute Gasteiger partial charge is 0.164 e. The Labute approximate surface area is 610 Å². The third-order valence-electron chi connectivity index (χ3n) is 22.3. The molecule has 0 amide bonds. The van der Waals surface area contributed by atoms with Gasteiger partial charge in [0.05, 0.1) is 33.5 Å². The third-order valence-corrected chi connectivity index (χ3v) is 22.3. The normalized spacial score (nSPS) is 13.2. The molecule has 0 unspecified atom stereocenters. The van der Waals surface area contributed by atoms with E-state index in [2.05, 4.69) is 273 Å². The molecule has 6 aromatic heterocycles. The highest BCUT2D eigenvalue weighted by Gasteiger charge is 2.41.